The molecule has 1 amide bonds. The van der Waals surface area contributed by atoms with Crippen molar-refractivity contribution in [3.8, 4) is 11.5 Å². The van der Waals surface area contributed by atoms with Crippen molar-refractivity contribution in [2.75, 3.05) is 19.5 Å². The van der Waals surface area contributed by atoms with Gasteiger partial charge in [-0.05, 0) is 42.0 Å². The van der Waals surface area contributed by atoms with E-state index in [9.17, 15) is 14.0 Å². The zero-order valence-corrected chi connectivity index (χ0v) is 15.4. The Labute approximate surface area is 161 Å². The molecule has 1 aromatic heterocycles. The second-order valence-corrected chi connectivity index (χ2v) is 6.01. The topological polar surface area (TPSA) is 69.6 Å². The Bertz CT molecular complexity index is 1050. The number of carbonyl (C=O) groups excluding carboxylic acids is 1. The molecule has 28 heavy (non-hydrogen) atoms. The highest BCUT2D eigenvalue weighted by atomic mass is 19.1. The largest absolute Gasteiger partial charge is 0.493 e. The van der Waals surface area contributed by atoms with Crippen LogP contribution in [0.1, 0.15) is 15.9 Å². The molecule has 6 nitrogen and oxygen atoms in total. The van der Waals surface area contributed by atoms with Crippen LogP contribution in [0.25, 0.3) is 0 Å². The van der Waals surface area contributed by atoms with Crippen LogP contribution in [0.3, 0.4) is 0 Å². The second kappa shape index (κ2) is 8.39. The average molecular weight is 382 g/mol. The molecule has 0 fully saturated rings. The maximum absolute atomic E-state index is 13.0. The van der Waals surface area contributed by atoms with E-state index in [4.69, 9.17) is 9.47 Å². The number of nitrogens with one attached hydrogen (secondary N) is 1. The van der Waals surface area contributed by atoms with Crippen LogP contribution in [0.4, 0.5) is 10.1 Å². The Balaban J connectivity index is 1.82. The Morgan fingerprint density at radius 3 is 2.43 bits per heavy atom. The van der Waals surface area contributed by atoms with Crippen LogP contribution < -0.4 is 20.3 Å². The fourth-order valence-corrected chi connectivity index (χ4v) is 2.73. The van der Waals surface area contributed by atoms with E-state index in [1.165, 1.54) is 37.0 Å². The number of hydrogen-bond donors (Lipinski definition) is 1. The van der Waals surface area contributed by atoms with Gasteiger partial charge in [0.15, 0.2) is 11.5 Å². The maximum atomic E-state index is 13.0. The molecule has 0 saturated heterocycles. The first kappa shape index (κ1) is 19.2. The first-order valence-corrected chi connectivity index (χ1v) is 8.49. The molecule has 0 aliphatic rings. The monoisotopic (exact) mass is 382 g/mol. The molecule has 0 aliphatic carbocycles. The number of ether oxygens (including phenoxy) is 2. The van der Waals surface area contributed by atoms with Crippen LogP contribution in [0.2, 0.25) is 0 Å². The summed E-state index contributed by atoms with van der Waals surface area (Å²) in [4.78, 5) is 25.3. The normalized spacial score (nSPS) is 10.4. The predicted octanol–water partition coefficient (Wildman–Crippen LogP) is 3.31. The maximum Gasteiger partial charge on any atom is 0.263 e. The summed E-state index contributed by atoms with van der Waals surface area (Å²) in [7, 11) is 3.01. The van der Waals surface area contributed by atoms with Gasteiger partial charge in [-0.25, -0.2) is 4.39 Å². The Kier molecular flexibility index (Phi) is 5.74. The number of rotatable bonds is 6. The molecule has 1 heterocycles. The Morgan fingerprint density at radius 2 is 1.75 bits per heavy atom. The van der Waals surface area contributed by atoms with Crippen molar-refractivity contribution in [3.05, 3.63) is 88.1 Å². The Morgan fingerprint density at radius 1 is 1.04 bits per heavy atom. The zero-order valence-electron chi connectivity index (χ0n) is 15.4. The third kappa shape index (κ3) is 4.20. The minimum Gasteiger partial charge on any atom is -0.493 e. The molecular formula is C21H19FN2O4. The highest BCUT2D eigenvalue weighted by Crippen LogP contribution is 2.29. The number of nitrogens with zero attached hydrogens (tertiary/aromatic N) is 1. The fraction of sp³-hybridized carbons (Fsp3) is 0.143. The number of hydrogen-bond acceptors (Lipinski definition) is 4. The number of anilines is 1. The lowest BCUT2D eigenvalue weighted by Gasteiger charge is -2.11. The van der Waals surface area contributed by atoms with E-state index in [2.05, 4.69) is 5.32 Å². The van der Waals surface area contributed by atoms with Crippen molar-refractivity contribution < 1.29 is 18.7 Å². The highest BCUT2D eigenvalue weighted by Gasteiger charge is 2.14. The number of pyridine rings is 1. The quantitative estimate of drug-likeness (QED) is 0.710. The van der Waals surface area contributed by atoms with Crippen LogP contribution in [-0.2, 0) is 6.54 Å². The van der Waals surface area contributed by atoms with Crippen molar-refractivity contribution in [1.29, 1.82) is 0 Å². The molecular weight excluding hydrogens is 363 g/mol. The summed E-state index contributed by atoms with van der Waals surface area (Å²) >= 11 is 0. The molecule has 0 saturated carbocycles. The minimum absolute atomic E-state index is 0.000559. The minimum atomic E-state index is -0.536. The molecule has 3 aromatic rings. The summed E-state index contributed by atoms with van der Waals surface area (Å²) in [5, 5.41) is 2.69. The summed E-state index contributed by atoms with van der Waals surface area (Å²) in [6.45, 7) is 0.233. The van der Waals surface area contributed by atoms with Gasteiger partial charge >= 0.3 is 0 Å². The van der Waals surface area contributed by atoms with Gasteiger partial charge in [0.2, 0.25) is 0 Å². The van der Waals surface area contributed by atoms with Crippen molar-refractivity contribution in [2.45, 2.75) is 6.54 Å². The van der Waals surface area contributed by atoms with Crippen molar-refractivity contribution in [3.63, 3.8) is 0 Å². The predicted molar refractivity (Wildman–Crippen MR) is 104 cm³/mol. The van der Waals surface area contributed by atoms with Gasteiger partial charge < -0.3 is 19.4 Å². The number of halogens is 1. The lowest BCUT2D eigenvalue weighted by Crippen LogP contribution is -2.29. The van der Waals surface area contributed by atoms with Gasteiger partial charge in [0.1, 0.15) is 11.4 Å². The SMILES string of the molecule is COc1ccc(NC(=O)c2cccn(Cc3ccc(F)cc3)c2=O)cc1OC. The molecule has 0 unspecified atom stereocenters. The van der Waals surface area contributed by atoms with Gasteiger partial charge in [-0.2, -0.15) is 0 Å². The molecule has 144 valence electrons. The fourth-order valence-electron chi connectivity index (χ4n) is 2.73. The molecule has 3 rings (SSSR count). The molecule has 0 spiro atoms. The molecule has 0 radical (unpaired) electrons. The molecule has 2 aromatic carbocycles. The van der Waals surface area contributed by atoms with E-state index >= 15 is 0 Å². The first-order valence-electron chi connectivity index (χ1n) is 8.49. The molecule has 0 aliphatic heterocycles. The lowest BCUT2D eigenvalue weighted by atomic mass is 10.2. The smallest absolute Gasteiger partial charge is 0.263 e. The van der Waals surface area contributed by atoms with Crippen molar-refractivity contribution in [1.82, 2.24) is 4.57 Å². The van der Waals surface area contributed by atoms with E-state index in [0.29, 0.717) is 17.2 Å². The van der Waals surface area contributed by atoms with Crippen LogP contribution >= 0.6 is 0 Å². The van der Waals surface area contributed by atoms with Crippen LogP contribution in [0.15, 0.2) is 65.6 Å². The summed E-state index contributed by atoms with van der Waals surface area (Å²) < 4.78 is 24.8. The van der Waals surface area contributed by atoms with Gasteiger partial charge in [-0.1, -0.05) is 12.1 Å². The third-order valence-corrected chi connectivity index (χ3v) is 4.17. The first-order chi connectivity index (χ1) is 13.5. The van der Waals surface area contributed by atoms with Crippen LogP contribution in [0.5, 0.6) is 11.5 Å². The van der Waals surface area contributed by atoms with Crippen LogP contribution in [0, 0.1) is 5.82 Å². The number of benzene rings is 2. The van der Waals surface area contributed by atoms with E-state index < -0.39 is 11.5 Å². The Hall–Kier alpha value is -3.61. The zero-order chi connectivity index (χ0) is 20.1. The van der Waals surface area contributed by atoms with E-state index in [1.54, 1.807) is 42.6 Å². The summed E-state index contributed by atoms with van der Waals surface area (Å²) in [6, 6.07) is 13.8. The van der Waals surface area contributed by atoms with Crippen LogP contribution in [-0.4, -0.2) is 24.7 Å². The van der Waals surface area contributed by atoms with Gasteiger partial charge in [0, 0.05) is 18.0 Å². The van der Waals surface area contributed by atoms with Crippen molar-refractivity contribution >= 4 is 11.6 Å². The van der Waals surface area contributed by atoms with E-state index in [-0.39, 0.29) is 17.9 Å². The average Bonchev–Trinajstić information content (AvgIpc) is 2.71. The van der Waals surface area contributed by atoms with Gasteiger partial charge in [-0.15, -0.1) is 0 Å². The number of carbonyl (C=O) groups is 1. The molecule has 1 N–H and O–H groups in total. The van der Waals surface area contributed by atoms with Gasteiger partial charge in [0.25, 0.3) is 11.5 Å². The number of methoxy groups -OCH3 is 2. The number of amides is 1. The van der Waals surface area contributed by atoms with E-state index in [0.717, 1.165) is 5.56 Å². The van der Waals surface area contributed by atoms with Gasteiger partial charge in [-0.3, -0.25) is 9.59 Å². The van der Waals surface area contributed by atoms with Gasteiger partial charge in [0.05, 0.1) is 20.8 Å². The molecule has 7 heteroatoms. The lowest BCUT2D eigenvalue weighted by molar-refractivity contribution is 0.102. The third-order valence-electron chi connectivity index (χ3n) is 4.17. The summed E-state index contributed by atoms with van der Waals surface area (Å²) in [5.74, 6) is 0.105. The standard InChI is InChI=1S/C21H19FN2O4/c1-27-18-10-9-16(12-19(18)28-2)23-20(25)17-4-3-11-24(21(17)26)13-14-5-7-15(22)8-6-14/h3-12H,13H2,1-2H3,(H,23,25). The molecule has 0 bridgehead atoms. The number of aromatic nitrogens is 1. The second-order valence-electron chi connectivity index (χ2n) is 6.01. The highest BCUT2D eigenvalue weighted by molar-refractivity contribution is 6.04. The molecule has 0 atom stereocenters. The summed E-state index contributed by atoms with van der Waals surface area (Å²) in [5.41, 5.74) is 0.779. The summed E-state index contributed by atoms with van der Waals surface area (Å²) in [6.07, 6.45) is 1.58. The van der Waals surface area contributed by atoms with Crippen molar-refractivity contribution in [2.24, 2.45) is 0 Å². The van der Waals surface area contributed by atoms with E-state index in [1.807, 2.05) is 0 Å².